The average Bonchev–Trinajstić information content (AvgIpc) is 3.10. The van der Waals surface area contributed by atoms with E-state index >= 15 is 0 Å². The zero-order valence-corrected chi connectivity index (χ0v) is 15.1. The first kappa shape index (κ1) is 18.1. The number of fused-ring (bicyclic) bond motifs is 1. The molecule has 0 atom stereocenters. The Balaban J connectivity index is 1.76. The summed E-state index contributed by atoms with van der Waals surface area (Å²) in [6, 6.07) is 14.0. The Labute approximate surface area is 163 Å². The maximum atomic E-state index is 13.2. The maximum Gasteiger partial charge on any atom is 0.349 e. The largest absolute Gasteiger partial charge is 0.422 e. The lowest BCUT2D eigenvalue weighted by Crippen LogP contribution is -2.22. The highest BCUT2D eigenvalue weighted by atomic mass is 19.1. The molecular formula is C21H13FN4O3. The molecule has 0 aliphatic heterocycles. The Morgan fingerprint density at radius 3 is 2.69 bits per heavy atom. The molecule has 2 aromatic heterocycles. The van der Waals surface area contributed by atoms with Gasteiger partial charge < -0.3 is 9.73 Å². The van der Waals surface area contributed by atoms with E-state index in [1.54, 1.807) is 18.2 Å². The van der Waals surface area contributed by atoms with Crippen molar-refractivity contribution in [3.63, 3.8) is 0 Å². The molecule has 0 saturated heterocycles. The van der Waals surface area contributed by atoms with Crippen LogP contribution in [0.1, 0.15) is 21.5 Å². The summed E-state index contributed by atoms with van der Waals surface area (Å²) in [6.45, 7) is 1.88. The number of amides is 1. The Morgan fingerprint density at radius 1 is 1.21 bits per heavy atom. The molecular weight excluding hydrogens is 375 g/mol. The summed E-state index contributed by atoms with van der Waals surface area (Å²) in [7, 11) is 0. The minimum Gasteiger partial charge on any atom is -0.422 e. The van der Waals surface area contributed by atoms with Crippen molar-refractivity contribution in [1.82, 2.24) is 9.78 Å². The van der Waals surface area contributed by atoms with E-state index < -0.39 is 17.3 Å². The zero-order valence-electron chi connectivity index (χ0n) is 15.1. The van der Waals surface area contributed by atoms with Crippen molar-refractivity contribution in [3.8, 4) is 11.8 Å². The van der Waals surface area contributed by atoms with E-state index in [1.807, 2.05) is 13.0 Å². The van der Waals surface area contributed by atoms with Crippen LogP contribution < -0.4 is 10.9 Å². The molecule has 2 aromatic carbocycles. The number of benzene rings is 2. The van der Waals surface area contributed by atoms with Crippen LogP contribution in [0.25, 0.3) is 16.7 Å². The summed E-state index contributed by atoms with van der Waals surface area (Å²) in [4.78, 5) is 25.1. The van der Waals surface area contributed by atoms with Crippen LogP contribution in [0.3, 0.4) is 0 Å². The SMILES string of the molecule is Cc1ccc2oc(=O)c(C(=O)Nc3c(C#N)cnn3-c3ccc(F)cc3)cc2c1. The van der Waals surface area contributed by atoms with Crippen molar-refractivity contribution in [2.24, 2.45) is 0 Å². The molecule has 0 spiro atoms. The van der Waals surface area contributed by atoms with Crippen LogP contribution in [0.4, 0.5) is 10.2 Å². The molecule has 29 heavy (non-hydrogen) atoms. The molecule has 0 bridgehead atoms. The van der Waals surface area contributed by atoms with Gasteiger partial charge in [0.25, 0.3) is 5.91 Å². The molecule has 0 fully saturated rings. The number of nitrogens with zero attached hydrogens (tertiary/aromatic N) is 3. The molecule has 0 radical (unpaired) electrons. The van der Waals surface area contributed by atoms with E-state index in [1.165, 1.54) is 41.2 Å². The Kier molecular flexibility index (Phi) is 4.41. The van der Waals surface area contributed by atoms with Gasteiger partial charge in [-0.1, -0.05) is 11.6 Å². The number of halogens is 1. The summed E-state index contributed by atoms with van der Waals surface area (Å²) in [5.41, 5.74) is 0.821. The maximum absolute atomic E-state index is 13.2. The number of anilines is 1. The molecule has 7 nitrogen and oxygen atoms in total. The summed E-state index contributed by atoms with van der Waals surface area (Å²) >= 11 is 0. The number of hydrogen-bond acceptors (Lipinski definition) is 5. The van der Waals surface area contributed by atoms with Gasteiger partial charge in [0.1, 0.15) is 28.6 Å². The van der Waals surface area contributed by atoms with Crippen LogP contribution in [0.5, 0.6) is 0 Å². The number of nitrogens with one attached hydrogen (secondary N) is 1. The Bertz CT molecular complexity index is 1350. The van der Waals surface area contributed by atoms with Gasteiger partial charge in [-0.05, 0) is 49.4 Å². The van der Waals surface area contributed by atoms with Crippen molar-refractivity contribution < 1.29 is 13.6 Å². The lowest BCUT2D eigenvalue weighted by molar-refractivity contribution is 0.102. The van der Waals surface area contributed by atoms with E-state index in [4.69, 9.17) is 4.42 Å². The summed E-state index contributed by atoms with van der Waals surface area (Å²) in [6.07, 6.45) is 1.27. The summed E-state index contributed by atoms with van der Waals surface area (Å²) < 4.78 is 19.7. The number of aromatic nitrogens is 2. The second-order valence-corrected chi connectivity index (χ2v) is 6.35. The van der Waals surface area contributed by atoms with Gasteiger partial charge >= 0.3 is 5.63 Å². The first-order valence-electron chi connectivity index (χ1n) is 8.56. The van der Waals surface area contributed by atoms with Gasteiger partial charge in [0.05, 0.1) is 11.9 Å². The van der Waals surface area contributed by atoms with E-state index in [2.05, 4.69) is 10.4 Å². The fourth-order valence-electron chi connectivity index (χ4n) is 2.90. The minimum atomic E-state index is -0.801. The molecule has 8 heteroatoms. The molecule has 1 amide bonds. The van der Waals surface area contributed by atoms with Crippen molar-refractivity contribution in [1.29, 1.82) is 5.26 Å². The van der Waals surface area contributed by atoms with Gasteiger partial charge in [-0.3, -0.25) is 4.79 Å². The zero-order chi connectivity index (χ0) is 20.5. The lowest BCUT2D eigenvalue weighted by Gasteiger charge is -2.09. The number of carbonyl (C=O) groups is 1. The summed E-state index contributed by atoms with van der Waals surface area (Å²) in [5, 5.41) is 16.6. The van der Waals surface area contributed by atoms with Gasteiger partial charge in [-0.2, -0.15) is 10.4 Å². The predicted octanol–water partition coefficient (Wildman–Crippen LogP) is 3.55. The first-order valence-corrected chi connectivity index (χ1v) is 8.56. The van der Waals surface area contributed by atoms with Crippen LogP contribution in [0.15, 0.2) is 63.9 Å². The number of hydrogen-bond donors (Lipinski definition) is 1. The van der Waals surface area contributed by atoms with E-state index in [9.17, 15) is 19.2 Å². The molecule has 0 unspecified atom stereocenters. The second kappa shape index (κ2) is 7.05. The van der Waals surface area contributed by atoms with E-state index in [-0.39, 0.29) is 16.9 Å². The average molecular weight is 388 g/mol. The predicted molar refractivity (Wildman–Crippen MR) is 103 cm³/mol. The van der Waals surface area contributed by atoms with Crippen LogP contribution in [-0.2, 0) is 0 Å². The molecule has 0 aliphatic carbocycles. The van der Waals surface area contributed by atoms with E-state index in [0.29, 0.717) is 16.7 Å². The lowest BCUT2D eigenvalue weighted by atomic mass is 10.1. The fourth-order valence-corrected chi connectivity index (χ4v) is 2.90. The third kappa shape index (κ3) is 3.37. The monoisotopic (exact) mass is 388 g/mol. The third-order valence-electron chi connectivity index (χ3n) is 4.33. The second-order valence-electron chi connectivity index (χ2n) is 6.35. The molecule has 142 valence electrons. The van der Waals surface area contributed by atoms with Gasteiger partial charge in [0.2, 0.25) is 0 Å². The standard InChI is InChI=1S/C21H13FN4O3/c1-12-2-7-18-13(8-12)9-17(21(28)29-18)20(27)25-19-14(10-23)11-24-26(19)16-5-3-15(22)4-6-16/h2-9,11H,1H3,(H,25,27). The van der Waals surface area contributed by atoms with E-state index in [0.717, 1.165) is 5.56 Å². The van der Waals surface area contributed by atoms with Crippen molar-refractivity contribution >= 4 is 22.7 Å². The highest BCUT2D eigenvalue weighted by Crippen LogP contribution is 2.21. The molecule has 0 saturated carbocycles. The van der Waals surface area contributed by atoms with Crippen LogP contribution in [0, 0.1) is 24.1 Å². The smallest absolute Gasteiger partial charge is 0.349 e. The topological polar surface area (TPSA) is 101 Å². The molecule has 1 N–H and O–H groups in total. The number of carbonyl (C=O) groups excluding carboxylic acids is 1. The molecule has 2 heterocycles. The number of rotatable bonds is 3. The minimum absolute atomic E-state index is 0.0628. The van der Waals surface area contributed by atoms with Gasteiger partial charge in [-0.15, -0.1) is 0 Å². The highest BCUT2D eigenvalue weighted by molar-refractivity contribution is 6.05. The van der Waals surface area contributed by atoms with Crippen molar-refractivity contribution in [3.05, 3.63) is 87.7 Å². The van der Waals surface area contributed by atoms with Crippen LogP contribution >= 0.6 is 0 Å². The van der Waals surface area contributed by atoms with Gasteiger partial charge in [0, 0.05) is 5.39 Å². The fraction of sp³-hybridized carbons (Fsp3) is 0.0476. The van der Waals surface area contributed by atoms with Crippen LogP contribution in [-0.4, -0.2) is 15.7 Å². The summed E-state index contributed by atoms with van der Waals surface area (Å²) in [5.74, 6) is -1.12. The Morgan fingerprint density at radius 2 is 1.97 bits per heavy atom. The highest BCUT2D eigenvalue weighted by Gasteiger charge is 2.19. The molecule has 4 aromatic rings. The normalized spacial score (nSPS) is 10.7. The van der Waals surface area contributed by atoms with Gasteiger partial charge in [0.15, 0.2) is 5.82 Å². The molecule has 4 rings (SSSR count). The third-order valence-corrected chi connectivity index (χ3v) is 4.33. The number of nitriles is 1. The van der Waals surface area contributed by atoms with Crippen molar-refractivity contribution in [2.75, 3.05) is 5.32 Å². The van der Waals surface area contributed by atoms with Crippen LogP contribution in [0.2, 0.25) is 0 Å². The van der Waals surface area contributed by atoms with Crippen molar-refractivity contribution in [2.45, 2.75) is 6.92 Å². The molecule has 0 aliphatic rings. The Hall–Kier alpha value is -4.25. The van der Waals surface area contributed by atoms with Gasteiger partial charge in [-0.25, -0.2) is 13.9 Å². The number of aryl methyl sites for hydroxylation is 1. The quantitative estimate of drug-likeness (QED) is 0.541. The first-order chi connectivity index (χ1) is 14.0.